The van der Waals surface area contributed by atoms with Gasteiger partial charge in [0.25, 0.3) is 0 Å². The molecule has 1 rings (SSSR count). The van der Waals surface area contributed by atoms with Crippen LogP contribution >= 0.6 is 11.8 Å². The van der Waals surface area contributed by atoms with E-state index in [1.165, 1.54) is 0 Å². The van der Waals surface area contributed by atoms with Crippen LogP contribution in [0.5, 0.6) is 0 Å². The van der Waals surface area contributed by atoms with Gasteiger partial charge in [-0.15, -0.1) is 0 Å². The van der Waals surface area contributed by atoms with Crippen LogP contribution in [0.25, 0.3) is 0 Å². The molecule has 5 heteroatoms. The average Bonchev–Trinajstić information content (AvgIpc) is 2.26. The van der Waals surface area contributed by atoms with Gasteiger partial charge in [-0.05, 0) is 33.4 Å². The molecular weight excluding hydrogens is 236 g/mol. The summed E-state index contributed by atoms with van der Waals surface area (Å²) in [7, 11) is 0. The Labute approximate surface area is 108 Å². The Morgan fingerprint density at radius 2 is 2.00 bits per heavy atom. The van der Waals surface area contributed by atoms with Crippen molar-refractivity contribution in [2.24, 2.45) is 0 Å². The molecular formula is C12H22N2O2S. The predicted octanol–water partition coefficient (Wildman–Crippen LogP) is 1.25. The molecule has 0 aromatic carbocycles. The first-order valence-corrected chi connectivity index (χ1v) is 7.21. The van der Waals surface area contributed by atoms with Crippen LogP contribution in [0, 0.1) is 0 Å². The second-order valence-corrected chi connectivity index (χ2v) is 6.60. The molecule has 0 aliphatic carbocycles. The van der Waals surface area contributed by atoms with Gasteiger partial charge >= 0.3 is 0 Å². The second kappa shape index (κ2) is 5.29. The minimum Gasteiger partial charge on any atom is -0.343 e. The first-order chi connectivity index (χ1) is 7.82. The fraction of sp³-hybridized carbons (Fsp3) is 0.833. The number of hydrogen-bond acceptors (Lipinski definition) is 3. The summed E-state index contributed by atoms with van der Waals surface area (Å²) in [4.78, 5) is 25.7. The summed E-state index contributed by atoms with van der Waals surface area (Å²) >= 11 is 1.71. The smallest absolute Gasteiger partial charge is 0.245 e. The molecule has 0 bridgehead atoms. The number of carbonyl (C=O) groups is 2. The second-order valence-electron chi connectivity index (χ2n) is 5.08. The zero-order chi connectivity index (χ0) is 13.2. The van der Waals surface area contributed by atoms with E-state index in [1.807, 2.05) is 13.2 Å². The monoisotopic (exact) mass is 258 g/mol. The molecule has 1 aliphatic heterocycles. The number of nitrogens with zero attached hydrogens (tertiary/aromatic N) is 1. The topological polar surface area (TPSA) is 49.4 Å². The van der Waals surface area contributed by atoms with E-state index in [1.54, 1.807) is 23.6 Å². The number of rotatable bonds is 4. The number of carbonyl (C=O) groups excluding carboxylic acids is 2. The molecule has 0 spiro atoms. The molecule has 1 aliphatic rings. The molecule has 1 saturated heterocycles. The van der Waals surface area contributed by atoms with Crippen LogP contribution in [-0.4, -0.2) is 46.3 Å². The Hall–Kier alpha value is -0.710. The van der Waals surface area contributed by atoms with Gasteiger partial charge in [0, 0.05) is 11.3 Å². The Balaban J connectivity index is 2.90. The first-order valence-electron chi connectivity index (χ1n) is 5.98. The van der Waals surface area contributed by atoms with Gasteiger partial charge in [0.15, 0.2) is 0 Å². The first kappa shape index (κ1) is 14.4. The largest absolute Gasteiger partial charge is 0.343 e. The van der Waals surface area contributed by atoms with Crippen molar-refractivity contribution in [3.63, 3.8) is 0 Å². The van der Waals surface area contributed by atoms with E-state index in [0.717, 1.165) is 0 Å². The van der Waals surface area contributed by atoms with Crippen LogP contribution in [0.2, 0.25) is 0 Å². The highest BCUT2D eigenvalue weighted by Gasteiger charge is 2.39. The average molecular weight is 258 g/mol. The van der Waals surface area contributed by atoms with E-state index in [4.69, 9.17) is 0 Å². The molecule has 0 aromatic rings. The van der Waals surface area contributed by atoms with E-state index in [9.17, 15) is 9.59 Å². The zero-order valence-corrected chi connectivity index (χ0v) is 12.1. The van der Waals surface area contributed by atoms with Crippen molar-refractivity contribution >= 4 is 23.6 Å². The van der Waals surface area contributed by atoms with Crippen LogP contribution in [0.1, 0.15) is 34.1 Å². The summed E-state index contributed by atoms with van der Waals surface area (Å²) in [5.41, 5.74) is 0. The normalized spacial score (nSPS) is 26.1. The lowest BCUT2D eigenvalue weighted by molar-refractivity contribution is -0.149. The highest BCUT2D eigenvalue weighted by Crippen LogP contribution is 2.25. The molecule has 1 heterocycles. The van der Waals surface area contributed by atoms with Crippen molar-refractivity contribution in [2.45, 2.75) is 50.9 Å². The van der Waals surface area contributed by atoms with Crippen molar-refractivity contribution in [3.05, 3.63) is 0 Å². The summed E-state index contributed by atoms with van der Waals surface area (Å²) < 4.78 is -0.0274. The van der Waals surface area contributed by atoms with E-state index in [-0.39, 0.29) is 22.6 Å². The predicted molar refractivity (Wildman–Crippen MR) is 71.0 cm³/mol. The van der Waals surface area contributed by atoms with Crippen LogP contribution in [0.15, 0.2) is 0 Å². The molecule has 98 valence electrons. The van der Waals surface area contributed by atoms with Gasteiger partial charge in [-0.1, -0.05) is 6.92 Å². The lowest BCUT2D eigenvalue weighted by Crippen LogP contribution is -2.64. The van der Waals surface area contributed by atoms with Gasteiger partial charge < -0.3 is 10.2 Å². The van der Waals surface area contributed by atoms with Gasteiger partial charge in [-0.2, -0.15) is 11.8 Å². The van der Waals surface area contributed by atoms with Crippen molar-refractivity contribution in [1.29, 1.82) is 0 Å². The minimum atomic E-state index is -0.400. The number of nitrogens with one attached hydrogen (secondary N) is 1. The SMILES string of the molecule is CCC1C(=O)NC(C)C(=O)N1CC(C)(C)SC. The fourth-order valence-corrected chi connectivity index (χ4v) is 2.25. The zero-order valence-electron chi connectivity index (χ0n) is 11.2. The van der Waals surface area contributed by atoms with Crippen molar-refractivity contribution in [1.82, 2.24) is 10.2 Å². The number of hydrogen-bond donors (Lipinski definition) is 1. The molecule has 2 unspecified atom stereocenters. The van der Waals surface area contributed by atoms with Gasteiger partial charge in [0.2, 0.25) is 11.8 Å². The summed E-state index contributed by atoms with van der Waals surface area (Å²) in [5, 5.41) is 2.73. The quantitative estimate of drug-likeness (QED) is 0.826. The van der Waals surface area contributed by atoms with Crippen LogP contribution in [-0.2, 0) is 9.59 Å². The van der Waals surface area contributed by atoms with E-state index < -0.39 is 6.04 Å². The number of amides is 2. The lowest BCUT2D eigenvalue weighted by Gasteiger charge is -2.41. The Bertz CT molecular complexity index is 318. The van der Waals surface area contributed by atoms with Crippen LogP contribution in [0.4, 0.5) is 0 Å². The Morgan fingerprint density at radius 1 is 1.41 bits per heavy atom. The van der Waals surface area contributed by atoms with E-state index in [2.05, 4.69) is 19.2 Å². The van der Waals surface area contributed by atoms with E-state index in [0.29, 0.717) is 13.0 Å². The van der Waals surface area contributed by atoms with Gasteiger partial charge in [0.1, 0.15) is 12.1 Å². The molecule has 1 N–H and O–H groups in total. The summed E-state index contributed by atoms with van der Waals surface area (Å²) in [6.45, 7) is 8.48. The van der Waals surface area contributed by atoms with Gasteiger partial charge in [-0.25, -0.2) is 0 Å². The lowest BCUT2D eigenvalue weighted by atomic mass is 10.0. The third kappa shape index (κ3) is 3.15. The van der Waals surface area contributed by atoms with Gasteiger partial charge in [-0.3, -0.25) is 9.59 Å². The number of thioether (sulfide) groups is 1. The molecule has 0 aromatic heterocycles. The Morgan fingerprint density at radius 3 is 2.47 bits per heavy atom. The van der Waals surface area contributed by atoms with Gasteiger partial charge in [0.05, 0.1) is 0 Å². The van der Waals surface area contributed by atoms with Crippen molar-refractivity contribution in [2.75, 3.05) is 12.8 Å². The maximum Gasteiger partial charge on any atom is 0.245 e. The summed E-state index contributed by atoms with van der Waals surface area (Å²) in [6, 6.07) is -0.715. The number of piperazine rings is 1. The molecule has 0 saturated carbocycles. The molecule has 4 nitrogen and oxygen atoms in total. The standard InChI is InChI=1S/C12H22N2O2S/c1-6-9-10(15)13-8(2)11(16)14(9)7-12(3,4)17-5/h8-9H,6-7H2,1-5H3,(H,13,15). The third-order valence-corrected chi connectivity index (χ3v) is 4.42. The van der Waals surface area contributed by atoms with Crippen LogP contribution < -0.4 is 5.32 Å². The highest BCUT2D eigenvalue weighted by atomic mass is 32.2. The molecule has 17 heavy (non-hydrogen) atoms. The molecule has 1 fully saturated rings. The summed E-state index contributed by atoms with van der Waals surface area (Å²) in [6.07, 6.45) is 2.69. The minimum absolute atomic E-state index is 0.0265. The van der Waals surface area contributed by atoms with Crippen molar-refractivity contribution in [3.8, 4) is 0 Å². The third-order valence-electron chi connectivity index (χ3n) is 3.18. The van der Waals surface area contributed by atoms with Crippen LogP contribution in [0.3, 0.4) is 0 Å². The molecule has 2 amide bonds. The maximum absolute atomic E-state index is 12.1. The molecule has 2 atom stereocenters. The highest BCUT2D eigenvalue weighted by molar-refractivity contribution is 7.99. The Kier molecular flexibility index (Phi) is 4.47. The summed E-state index contributed by atoms with van der Waals surface area (Å²) in [5.74, 6) is -0.00456. The van der Waals surface area contributed by atoms with E-state index >= 15 is 0 Å². The molecule has 0 radical (unpaired) electrons. The fourth-order valence-electron chi connectivity index (χ4n) is 1.98. The maximum atomic E-state index is 12.1. The van der Waals surface area contributed by atoms with Crippen molar-refractivity contribution < 1.29 is 9.59 Å².